The van der Waals surface area contributed by atoms with Crippen molar-refractivity contribution in [3.8, 4) is 0 Å². The SMILES string of the molecule is CC1=CC(=S)CC2CCCC2C1. The first-order chi connectivity index (χ1) is 5.75. The minimum absolute atomic E-state index is 0.922. The topological polar surface area (TPSA) is 0 Å². The molecule has 0 aliphatic heterocycles. The second-order valence-electron chi connectivity index (χ2n) is 4.32. The van der Waals surface area contributed by atoms with Crippen LogP contribution in [-0.4, -0.2) is 4.86 Å². The molecule has 0 N–H and O–H groups in total. The van der Waals surface area contributed by atoms with E-state index < -0.39 is 0 Å². The Morgan fingerprint density at radius 1 is 1.25 bits per heavy atom. The van der Waals surface area contributed by atoms with Crippen molar-refractivity contribution in [2.45, 2.75) is 39.0 Å². The van der Waals surface area contributed by atoms with E-state index in [-0.39, 0.29) is 0 Å². The molecule has 66 valence electrons. The van der Waals surface area contributed by atoms with E-state index >= 15 is 0 Å². The first-order valence-corrected chi connectivity index (χ1v) is 5.36. The molecule has 1 fully saturated rings. The van der Waals surface area contributed by atoms with Crippen molar-refractivity contribution >= 4 is 17.1 Å². The van der Waals surface area contributed by atoms with Crippen LogP contribution >= 0.6 is 12.2 Å². The van der Waals surface area contributed by atoms with Gasteiger partial charge in [-0.05, 0) is 50.5 Å². The molecular weight excluding hydrogens is 164 g/mol. The Morgan fingerprint density at radius 2 is 1.92 bits per heavy atom. The van der Waals surface area contributed by atoms with Crippen molar-refractivity contribution in [3.05, 3.63) is 11.6 Å². The Balaban J connectivity index is 2.15. The second-order valence-corrected chi connectivity index (χ2v) is 4.84. The Kier molecular flexibility index (Phi) is 2.31. The van der Waals surface area contributed by atoms with Gasteiger partial charge in [0.1, 0.15) is 0 Å². The van der Waals surface area contributed by atoms with Gasteiger partial charge in [0.2, 0.25) is 0 Å². The molecule has 2 aliphatic rings. The highest BCUT2D eigenvalue weighted by Crippen LogP contribution is 2.40. The van der Waals surface area contributed by atoms with E-state index in [1.807, 2.05) is 0 Å². The van der Waals surface area contributed by atoms with Gasteiger partial charge in [-0.15, -0.1) is 0 Å². The minimum Gasteiger partial charge on any atom is -0.0849 e. The quantitative estimate of drug-likeness (QED) is 0.514. The van der Waals surface area contributed by atoms with Crippen molar-refractivity contribution in [2.24, 2.45) is 11.8 Å². The predicted octanol–water partition coefficient (Wildman–Crippen LogP) is 3.51. The molecule has 2 rings (SSSR count). The van der Waals surface area contributed by atoms with E-state index in [9.17, 15) is 0 Å². The van der Waals surface area contributed by atoms with Gasteiger partial charge >= 0.3 is 0 Å². The van der Waals surface area contributed by atoms with Crippen LogP contribution < -0.4 is 0 Å². The molecule has 2 aliphatic carbocycles. The number of fused-ring (bicyclic) bond motifs is 1. The van der Waals surface area contributed by atoms with E-state index in [4.69, 9.17) is 12.2 Å². The first kappa shape index (κ1) is 8.43. The van der Waals surface area contributed by atoms with Crippen molar-refractivity contribution in [1.82, 2.24) is 0 Å². The average Bonchev–Trinajstić information content (AvgIpc) is 2.31. The van der Waals surface area contributed by atoms with Gasteiger partial charge in [0, 0.05) is 4.86 Å². The fourth-order valence-electron chi connectivity index (χ4n) is 2.72. The number of hydrogen-bond donors (Lipinski definition) is 0. The molecule has 0 radical (unpaired) electrons. The van der Waals surface area contributed by atoms with Gasteiger partial charge < -0.3 is 0 Å². The zero-order chi connectivity index (χ0) is 8.55. The van der Waals surface area contributed by atoms with E-state index in [1.165, 1.54) is 42.5 Å². The molecule has 2 unspecified atom stereocenters. The van der Waals surface area contributed by atoms with Crippen LogP contribution in [0.5, 0.6) is 0 Å². The minimum atomic E-state index is 0.922. The van der Waals surface area contributed by atoms with Gasteiger partial charge in [-0.1, -0.05) is 24.2 Å². The zero-order valence-electron chi connectivity index (χ0n) is 7.68. The Bertz CT molecular complexity index is 227. The Labute approximate surface area is 80.0 Å². The monoisotopic (exact) mass is 180 g/mol. The van der Waals surface area contributed by atoms with Crippen LogP contribution in [-0.2, 0) is 0 Å². The summed E-state index contributed by atoms with van der Waals surface area (Å²) in [6, 6.07) is 0. The lowest BCUT2D eigenvalue weighted by Gasteiger charge is -2.15. The fraction of sp³-hybridized carbons (Fsp3) is 0.727. The summed E-state index contributed by atoms with van der Waals surface area (Å²) in [5.41, 5.74) is 1.51. The molecule has 0 saturated heterocycles. The highest BCUT2D eigenvalue weighted by Gasteiger charge is 2.29. The normalized spacial score (nSPS) is 35.8. The van der Waals surface area contributed by atoms with Crippen LogP contribution in [0.4, 0.5) is 0 Å². The van der Waals surface area contributed by atoms with Crippen molar-refractivity contribution in [2.75, 3.05) is 0 Å². The first-order valence-electron chi connectivity index (χ1n) is 4.95. The predicted molar refractivity (Wildman–Crippen MR) is 56.4 cm³/mol. The highest BCUT2D eigenvalue weighted by atomic mass is 32.1. The van der Waals surface area contributed by atoms with E-state index in [0.717, 1.165) is 11.8 Å². The Morgan fingerprint density at radius 3 is 2.67 bits per heavy atom. The van der Waals surface area contributed by atoms with Crippen LogP contribution in [0.1, 0.15) is 39.0 Å². The summed E-state index contributed by atoms with van der Waals surface area (Å²) in [7, 11) is 0. The van der Waals surface area contributed by atoms with Crippen LogP contribution in [0.2, 0.25) is 0 Å². The van der Waals surface area contributed by atoms with Crippen molar-refractivity contribution < 1.29 is 0 Å². The Hall–Kier alpha value is -0.170. The molecule has 12 heavy (non-hydrogen) atoms. The molecule has 0 bridgehead atoms. The highest BCUT2D eigenvalue weighted by molar-refractivity contribution is 7.80. The van der Waals surface area contributed by atoms with Gasteiger partial charge in [0.15, 0.2) is 0 Å². The van der Waals surface area contributed by atoms with Crippen molar-refractivity contribution in [3.63, 3.8) is 0 Å². The number of allylic oxidation sites excluding steroid dienone is 2. The third-order valence-electron chi connectivity index (χ3n) is 3.27. The number of rotatable bonds is 0. The molecule has 0 nitrogen and oxygen atoms in total. The summed E-state index contributed by atoms with van der Waals surface area (Å²) in [6.45, 7) is 2.23. The summed E-state index contributed by atoms with van der Waals surface area (Å²) in [5, 5.41) is 0. The lowest BCUT2D eigenvalue weighted by atomic mass is 9.90. The third kappa shape index (κ3) is 1.61. The summed E-state index contributed by atoms with van der Waals surface area (Å²) in [5.74, 6) is 1.88. The van der Waals surface area contributed by atoms with Gasteiger partial charge in [-0.25, -0.2) is 0 Å². The molecule has 2 atom stereocenters. The molecule has 0 aromatic rings. The summed E-state index contributed by atoms with van der Waals surface area (Å²) < 4.78 is 0. The fourth-order valence-corrected chi connectivity index (χ4v) is 3.13. The molecule has 1 heteroatoms. The van der Waals surface area contributed by atoms with Crippen LogP contribution in [0.25, 0.3) is 0 Å². The zero-order valence-corrected chi connectivity index (χ0v) is 8.49. The molecule has 0 spiro atoms. The van der Waals surface area contributed by atoms with Gasteiger partial charge in [0.05, 0.1) is 0 Å². The smallest absolute Gasteiger partial charge is 0.0154 e. The van der Waals surface area contributed by atoms with E-state index in [1.54, 1.807) is 0 Å². The maximum absolute atomic E-state index is 5.32. The number of thiocarbonyl (C=S) groups is 1. The third-order valence-corrected chi connectivity index (χ3v) is 3.56. The van der Waals surface area contributed by atoms with Gasteiger partial charge in [-0.2, -0.15) is 0 Å². The van der Waals surface area contributed by atoms with Gasteiger partial charge in [-0.3, -0.25) is 0 Å². The lowest BCUT2D eigenvalue weighted by molar-refractivity contribution is 0.402. The van der Waals surface area contributed by atoms with E-state index in [0.29, 0.717) is 0 Å². The standard InChI is InChI=1S/C11H16S/c1-8-5-9-3-2-4-10(9)7-11(12)6-8/h6,9-10H,2-5,7H2,1H3. The maximum atomic E-state index is 5.32. The molecule has 0 amide bonds. The largest absolute Gasteiger partial charge is 0.0849 e. The molecule has 0 aromatic carbocycles. The summed E-state index contributed by atoms with van der Waals surface area (Å²) in [6.07, 6.45) is 9.03. The maximum Gasteiger partial charge on any atom is 0.0154 e. The van der Waals surface area contributed by atoms with Crippen LogP contribution in [0, 0.1) is 11.8 Å². The molecule has 0 aromatic heterocycles. The average molecular weight is 180 g/mol. The van der Waals surface area contributed by atoms with Crippen LogP contribution in [0.15, 0.2) is 11.6 Å². The number of hydrogen-bond acceptors (Lipinski definition) is 1. The second kappa shape index (κ2) is 3.29. The van der Waals surface area contributed by atoms with E-state index in [2.05, 4.69) is 13.0 Å². The molecule has 1 saturated carbocycles. The molecular formula is C11H16S. The lowest BCUT2D eigenvalue weighted by Crippen LogP contribution is -2.08. The van der Waals surface area contributed by atoms with Crippen molar-refractivity contribution in [1.29, 1.82) is 0 Å². The summed E-state index contributed by atoms with van der Waals surface area (Å²) >= 11 is 5.32. The van der Waals surface area contributed by atoms with Crippen LogP contribution in [0.3, 0.4) is 0 Å². The molecule has 0 heterocycles. The van der Waals surface area contributed by atoms with Gasteiger partial charge in [0.25, 0.3) is 0 Å². The summed E-state index contributed by atoms with van der Waals surface area (Å²) in [4.78, 5) is 1.20.